The van der Waals surface area contributed by atoms with Gasteiger partial charge in [0.2, 0.25) is 5.91 Å². The summed E-state index contributed by atoms with van der Waals surface area (Å²) in [6.07, 6.45) is 0.517. The number of nitrogens with zero attached hydrogens (tertiary/aromatic N) is 1. The third-order valence-corrected chi connectivity index (χ3v) is 7.54. The predicted octanol–water partition coefficient (Wildman–Crippen LogP) is 7.03. The third-order valence-electron chi connectivity index (χ3n) is 7.05. The van der Waals surface area contributed by atoms with Gasteiger partial charge in [-0.3, -0.25) is 9.69 Å². The summed E-state index contributed by atoms with van der Waals surface area (Å²) in [5, 5.41) is 0. The largest absolute Gasteiger partial charge is 0.280 e. The van der Waals surface area contributed by atoms with Crippen molar-refractivity contribution in [3.8, 4) is 0 Å². The van der Waals surface area contributed by atoms with Gasteiger partial charge >= 0.3 is 0 Å². The molecule has 1 spiro atoms. The highest BCUT2D eigenvalue weighted by atomic mass is 79.9. The van der Waals surface area contributed by atoms with E-state index in [1.807, 2.05) is 48.5 Å². The predicted molar refractivity (Wildman–Crippen MR) is 128 cm³/mol. The number of amides is 1. The molecule has 1 atom stereocenters. The first kappa shape index (κ1) is 20.3. The fourth-order valence-electron chi connectivity index (χ4n) is 5.56. The van der Waals surface area contributed by atoms with Crippen molar-refractivity contribution in [3.63, 3.8) is 0 Å². The average Bonchev–Trinajstić information content (AvgIpc) is 3.47. The number of carbonyl (C=O) groups excluding carboxylic acids is 1. The second kappa shape index (κ2) is 7.09. The maximum absolute atomic E-state index is 14.3. The average molecular weight is 502 g/mol. The first-order valence-electron chi connectivity index (χ1n) is 10.7. The van der Waals surface area contributed by atoms with Gasteiger partial charge in [0.15, 0.2) is 0 Å². The molecule has 0 saturated heterocycles. The second-order valence-electron chi connectivity index (χ2n) is 8.64. The highest BCUT2D eigenvalue weighted by molar-refractivity contribution is 9.10. The number of para-hydroxylation sites is 1. The van der Waals surface area contributed by atoms with Gasteiger partial charge in [-0.15, -0.1) is 0 Å². The molecule has 0 aromatic heterocycles. The molecule has 5 heteroatoms. The highest BCUT2D eigenvalue weighted by Gasteiger charge is 2.77. The quantitative estimate of drug-likeness (QED) is 0.295. The van der Waals surface area contributed by atoms with Gasteiger partial charge < -0.3 is 0 Å². The smallest absolute Gasteiger partial charge is 0.243 e. The van der Waals surface area contributed by atoms with Crippen molar-refractivity contribution in [2.24, 2.45) is 0 Å². The fourth-order valence-corrected chi connectivity index (χ4v) is 5.92. The van der Waals surface area contributed by atoms with E-state index in [0.29, 0.717) is 6.42 Å². The van der Waals surface area contributed by atoms with Crippen molar-refractivity contribution in [2.75, 3.05) is 4.90 Å². The minimum atomic E-state index is -0.877. The van der Waals surface area contributed by atoms with Gasteiger partial charge in [0, 0.05) is 15.6 Å². The van der Waals surface area contributed by atoms with Gasteiger partial charge in [-0.1, -0.05) is 58.4 Å². The van der Waals surface area contributed by atoms with Crippen LogP contribution >= 0.6 is 15.9 Å². The Morgan fingerprint density at radius 3 is 1.88 bits per heavy atom. The molecule has 33 heavy (non-hydrogen) atoms. The zero-order valence-electron chi connectivity index (χ0n) is 17.4. The van der Waals surface area contributed by atoms with Crippen LogP contribution in [0.2, 0.25) is 0 Å². The monoisotopic (exact) mass is 501 g/mol. The van der Waals surface area contributed by atoms with Crippen molar-refractivity contribution >= 4 is 33.2 Å². The molecule has 1 amide bonds. The van der Waals surface area contributed by atoms with E-state index in [2.05, 4.69) is 15.9 Å². The lowest BCUT2D eigenvalue weighted by atomic mass is 9.77. The van der Waals surface area contributed by atoms with Crippen LogP contribution < -0.4 is 4.90 Å². The Kier molecular flexibility index (Phi) is 4.36. The molecule has 1 aliphatic heterocycles. The van der Waals surface area contributed by atoms with E-state index >= 15 is 0 Å². The second-order valence-corrected chi connectivity index (χ2v) is 9.55. The summed E-state index contributed by atoms with van der Waals surface area (Å²) >= 11 is 3.58. The summed E-state index contributed by atoms with van der Waals surface area (Å²) in [4.78, 5) is 16.1. The normalized spacial score (nSPS) is 20.2. The molecule has 4 aromatic carbocycles. The lowest BCUT2D eigenvalue weighted by Gasteiger charge is -2.24. The number of anilines is 2. The Labute approximate surface area is 198 Å². The maximum Gasteiger partial charge on any atom is 0.243 e. The molecular formula is C28H18BrF2NO. The molecular weight excluding hydrogens is 484 g/mol. The maximum atomic E-state index is 14.3. The number of benzene rings is 4. The van der Waals surface area contributed by atoms with E-state index in [0.717, 1.165) is 32.5 Å². The first-order valence-corrected chi connectivity index (χ1v) is 11.5. The van der Waals surface area contributed by atoms with Crippen LogP contribution in [0.1, 0.15) is 23.1 Å². The van der Waals surface area contributed by atoms with Crippen LogP contribution in [-0.2, 0) is 15.6 Å². The van der Waals surface area contributed by atoms with Crippen LogP contribution in [0.3, 0.4) is 0 Å². The van der Waals surface area contributed by atoms with E-state index < -0.39 is 10.8 Å². The molecule has 0 bridgehead atoms. The Hall–Kier alpha value is -3.31. The van der Waals surface area contributed by atoms with Gasteiger partial charge in [-0.25, -0.2) is 8.78 Å². The molecule has 1 saturated carbocycles. The summed E-state index contributed by atoms with van der Waals surface area (Å²) < 4.78 is 28.6. The van der Waals surface area contributed by atoms with Gasteiger partial charge in [-0.2, -0.15) is 0 Å². The number of halogens is 3. The molecule has 2 aliphatic rings. The van der Waals surface area contributed by atoms with Crippen LogP contribution in [0.4, 0.5) is 20.2 Å². The van der Waals surface area contributed by atoms with E-state index in [1.165, 1.54) is 24.3 Å². The van der Waals surface area contributed by atoms with Crippen LogP contribution in [-0.4, -0.2) is 5.91 Å². The lowest BCUT2D eigenvalue weighted by Crippen LogP contribution is -2.34. The molecule has 1 heterocycles. The Bertz CT molecular complexity index is 1340. The first-order chi connectivity index (χ1) is 16.0. The van der Waals surface area contributed by atoms with Crippen LogP contribution in [0.25, 0.3) is 0 Å². The molecule has 1 aliphatic carbocycles. The lowest BCUT2D eigenvalue weighted by molar-refractivity contribution is -0.119. The molecule has 1 unspecified atom stereocenters. The van der Waals surface area contributed by atoms with Crippen LogP contribution in [0, 0.1) is 11.6 Å². The summed E-state index contributed by atoms with van der Waals surface area (Å²) in [5.74, 6) is -0.709. The van der Waals surface area contributed by atoms with E-state index in [1.54, 1.807) is 29.2 Å². The Morgan fingerprint density at radius 2 is 1.30 bits per heavy atom. The van der Waals surface area contributed by atoms with Crippen LogP contribution in [0.5, 0.6) is 0 Å². The Morgan fingerprint density at radius 1 is 0.727 bits per heavy atom. The highest BCUT2D eigenvalue weighted by Crippen LogP contribution is 2.73. The minimum absolute atomic E-state index is 0.0320. The molecule has 4 aromatic rings. The van der Waals surface area contributed by atoms with Gasteiger partial charge in [0.25, 0.3) is 0 Å². The van der Waals surface area contributed by atoms with E-state index in [9.17, 15) is 13.6 Å². The van der Waals surface area contributed by atoms with Gasteiger partial charge in [0.1, 0.15) is 11.6 Å². The SMILES string of the molecule is O=C1N(c2ccccc2)c2ccc(Br)cc2C12CC2(c1ccc(F)cc1)c1ccc(F)cc1. The standard InChI is InChI=1S/C28H18BrF2NO/c29-20-10-15-25-24(16-20)28(26(33)32(25)23-4-2-1-3-5-23)17-27(28,18-6-11-21(30)12-7-18)19-8-13-22(31)14-9-19/h1-16H,17H2. The van der Waals surface area contributed by atoms with E-state index in [-0.39, 0.29) is 17.5 Å². The molecule has 0 radical (unpaired) electrons. The van der Waals surface area contributed by atoms with Gasteiger partial charge in [0.05, 0.1) is 11.1 Å². The van der Waals surface area contributed by atoms with Gasteiger partial charge in [-0.05, 0) is 77.7 Å². The summed E-state index contributed by atoms with van der Waals surface area (Å²) in [6.45, 7) is 0. The zero-order valence-corrected chi connectivity index (χ0v) is 19.0. The topological polar surface area (TPSA) is 20.3 Å². The Balaban J connectivity index is 1.63. The third kappa shape index (κ3) is 2.72. The number of hydrogen-bond acceptors (Lipinski definition) is 1. The number of fused-ring (bicyclic) bond motifs is 2. The summed E-state index contributed by atoms with van der Waals surface area (Å²) in [5.41, 5.74) is 2.61. The number of carbonyl (C=O) groups is 1. The molecule has 2 nitrogen and oxygen atoms in total. The van der Waals surface area contributed by atoms with Crippen molar-refractivity contribution in [1.29, 1.82) is 0 Å². The molecule has 162 valence electrons. The van der Waals surface area contributed by atoms with Crippen molar-refractivity contribution in [2.45, 2.75) is 17.3 Å². The van der Waals surface area contributed by atoms with Crippen LogP contribution in [0.15, 0.2) is 102 Å². The zero-order chi connectivity index (χ0) is 22.8. The van der Waals surface area contributed by atoms with Crippen molar-refractivity contribution in [3.05, 3.63) is 130 Å². The fraction of sp³-hybridized carbons (Fsp3) is 0.107. The van der Waals surface area contributed by atoms with Crippen molar-refractivity contribution < 1.29 is 13.6 Å². The molecule has 6 rings (SSSR count). The molecule has 1 fully saturated rings. The number of rotatable bonds is 3. The van der Waals surface area contributed by atoms with Crippen molar-refractivity contribution in [1.82, 2.24) is 0 Å². The summed E-state index contributed by atoms with van der Waals surface area (Å²) in [6, 6.07) is 28.1. The summed E-state index contributed by atoms with van der Waals surface area (Å²) in [7, 11) is 0. The molecule has 0 N–H and O–H groups in total. The minimum Gasteiger partial charge on any atom is -0.280 e. The van der Waals surface area contributed by atoms with E-state index in [4.69, 9.17) is 0 Å². The number of hydrogen-bond donors (Lipinski definition) is 0.